The topological polar surface area (TPSA) is 79.0 Å². The molecule has 2 heterocycles. The van der Waals surface area contributed by atoms with E-state index in [2.05, 4.69) is 5.32 Å². The van der Waals surface area contributed by atoms with Crippen molar-refractivity contribution in [1.82, 2.24) is 10.2 Å². The number of anilines is 1. The van der Waals surface area contributed by atoms with Gasteiger partial charge in [0.1, 0.15) is 13.2 Å². The zero-order chi connectivity index (χ0) is 22.1. The Hall–Kier alpha value is -2.97. The van der Waals surface area contributed by atoms with Crippen molar-refractivity contribution in [1.29, 1.82) is 0 Å². The van der Waals surface area contributed by atoms with Gasteiger partial charge in [-0.3, -0.25) is 9.69 Å². The molecule has 31 heavy (non-hydrogen) atoms. The second kappa shape index (κ2) is 8.64. The molecule has 0 fully saturated rings. The van der Waals surface area contributed by atoms with Crippen LogP contribution < -0.4 is 10.2 Å². The van der Waals surface area contributed by atoms with Crippen molar-refractivity contribution in [3.63, 3.8) is 0 Å². The zero-order valence-electron chi connectivity index (χ0n) is 16.9. The number of urea groups is 1. The Morgan fingerprint density at radius 2 is 2.00 bits per heavy atom. The minimum absolute atomic E-state index is 0.0465. The summed E-state index contributed by atoms with van der Waals surface area (Å²) in [4.78, 5) is 42.0. The van der Waals surface area contributed by atoms with Gasteiger partial charge in [0.05, 0.1) is 17.3 Å². The van der Waals surface area contributed by atoms with Crippen LogP contribution in [0.1, 0.15) is 11.6 Å². The molecule has 0 aliphatic carbocycles. The summed E-state index contributed by atoms with van der Waals surface area (Å²) in [7, 11) is 1.61. The van der Waals surface area contributed by atoms with E-state index >= 15 is 0 Å². The first-order valence-corrected chi connectivity index (χ1v) is 11.1. The monoisotopic (exact) mass is 457 g/mol. The molecule has 1 atom stereocenters. The number of ether oxygens (including phenoxy) is 1. The van der Waals surface area contributed by atoms with E-state index in [1.54, 1.807) is 43.1 Å². The molecule has 0 bridgehead atoms. The number of amides is 3. The van der Waals surface area contributed by atoms with Crippen LogP contribution in [0.3, 0.4) is 0 Å². The Balaban J connectivity index is 1.61. The van der Waals surface area contributed by atoms with Crippen molar-refractivity contribution in [3.05, 3.63) is 70.4 Å². The van der Waals surface area contributed by atoms with Crippen molar-refractivity contribution >= 4 is 47.0 Å². The van der Waals surface area contributed by atoms with Gasteiger partial charge in [0.2, 0.25) is 5.91 Å². The molecule has 2 aromatic rings. The predicted molar refractivity (Wildman–Crippen MR) is 119 cm³/mol. The third kappa shape index (κ3) is 4.13. The summed E-state index contributed by atoms with van der Waals surface area (Å²) in [5, 5.41) is 3.35. The Bertz CT molecular complexity index is 1090. The fraction of sp³-hybridized carbons (Fsp3) is 0.227. The molecule has 1 N–H and O–H groups in total. The molecule has 0 spiro atoms. The highest BCUT2D eigenvalue weighted by Crippen LogP contribution is 2.35. The molecule has 0 aromatic heterocycles. The number of cyclic esters (lactones) is 1. The van der Waals surface area contributed by atoms with Crippen LogP contribution in [0.15, 0.2) is 64.7 Å². The van der Waals surface area contributed by atoms with Crippen LogP contribution in [0, 0.1) is 0 Å². The first kappa shape index (κ1) is 21.3. The Kier molecular flexibility index (Phi) is 5.93. The zero-order valence-corrected chi connectivity index (χ0v) is 18.5. The maximum Gasteiger partial charge on any atom is 0.338 e. The lowest BCUT2D eigenvalue weighted by molar-refractivity contribution is -0.136. The number of esters is 1. The molecule has 2 aliphatic heterocycles. The number of halogens is 1. The van der Waals surface area contributed by atoms with Gasteiger partial charge < -0.3 is 15.0 Å². The summed E-state index contributed by atoms with van der Waals surface area (Å²) >= 11 is 7.62. The van der Waals surface area contributed by atoms with Gasteiger partial charge in [0.15, 0.2) is 0 Å². The van der Waals surface area contributed by atoms with Crippen LogP contribution >= 0.6 is 23.4 Å². The standard InChI is InChI=1S/C22H20ClN3O4S/c1-25(15-5-3-4-14(23)10-15)18(27)11-26-17-12-30-21(28)19(17)20(24-22(26)29)13-6-8-16(31-2)9-7-13/h3-10,20H,11-12H2,1-2H3,(H,24,29)/t20-/m1/s1. The molecule has 2 aromatic carbocycles. The van der Waals surface area contributed by atoms with E-state index in [9.17, 15) is 14.4 Å². The summed E-state index contributed by atoms with van der Waals surface area (Å²) in [5.74, 6) is -0.819. The van der Waals surface area contributed by atoms with Gasteiger partial charge in [-0.2, -0.15) is 0 Å². The molecule has 0 unspecified atom stereocenters. The molecule has 160 valence electrons. The summed E-state index contributed by atoms with van der Waals surface area (Å²) in [6, 6.07) is 13.4. The van der Waals surface area contributed by atoms with E-state index in [-0.39, 0.29) is 19.1 Å². The average molecular weight is 458 g/mol. The van der Waals surface area contributed by atoms with E-state index in [0.29, 0.717) is 22.0 Å². The van der Waals surface area contributed by atoms with Crippen molar-refractivity contribution in [2.24, 2.45) is 0 Å². The largest absolute Gasteiger partial charge is 0.456 e. The second-order valence-corrected chi connectivity index (χ2v) is 8.43. The maximum absolute atomic E-state index is 12.9. The lowest BCUT2D eigenvalue weighted by atomic mass is 9.96. The van der Waals surface area contributed by atoms with Crippen LogP contribution in [-0.4, -0.2) is 49.3 Å². The number of hydrogen-bond donors (Lipinski definition) is 1. The minimum Gasteiger partial charge on any atom is -0.456 e. The lowest BCUT2D eigenvalue weighted by Crippen LogP contribution is -2.50. The van der Waals surface area contributed by atoms with Gasteiger partial charge in [-0.1, -0.05) is 29.8 Å². The van der Waals surface area contributed by atoms with Gasteiger partial charge >= 0.3 is 12.0 Å². The van der Waals surface area contributed by atoms with Crippen molar-refractivity contribution < 1.29 is 19.1 Å². The van der Waals surface area contributed by atoms with E-state index in [1.807, 2.05) is 30.5 Å². The Labute approximate surface area is 189 Å². The molecule has 9 heteroatoms. The molecule has 7 nitrogen and oxygen atoms in total. The smallest absolute Gasteiger partial charge is 0.338 e. The van der Waals surface area contributed by atoms with Gasteiger partial charge in [0, 0.05) is 22.7 Å². The van der Waals surface area contributed by atoms with Crippen LogP contribution in [0.5, 0.6) is 0 Å². The minimum atomic E-state index is -0.620. The molecule has 0 radical (unpaired) electrons. The summed E-state index contributed by atoms with van der Waals surface area (Å²) < 4.78 is 5.22. The van der Waals surface area contributed by atoms with E-state index < -0.39 is 18.0 Å². The van der Waals surface area contributed by atoms with Gasteiger partial charge in [-0.15, -0.1) is 11.8 Å². The van der Waals surface area contributed by atoms with E-state index in [4.69, 9.17) is 16.3 Å². The molecule has 0 saturated carbocycles. The number of carbonyl (C=O) groups is 3. The Morgan fingerprint density at radius 3 is 2.68 bits per heavy atom. The number of nitrogens with one attached hydrogen (secondary N) is 1. The van der Waals surface area contributed by atoms with Crippen LogP contribution in [0.2, 0.25) is 5.02 Å². The van der Waals surface area contributed by atoms with Crippen molar-refractivity contribution in [3.8, 4) is 0 Å². The fourth-order valence-electron chi connectivity index (χ4n) is 3.59. The van der Waals surface area contributed by atoms with Crippen molar-refractivity contribution in [2.45, 2.75) is 10.9 Å². The number of likely N-dealkylation sites (N-methyl/N-ethyl adjacent to an activating group) is 1. The number of carbonyl (C=O) groups excluding carboxylic acids is 3. The van der Waals surface area contributed by atoms with Crippen LogP contribution in [-0.2, 0) is 14.3 Å². The van der Waals surface area contributed by atoms with Crippen LogP contribution in [0.4, 0.5) is 10.5 Å². The van der Waals surface area contributed by atoms with Gasteiger partial charge in [0.25, 0.3) is 0 Å². The molecule has 3 amide bonds. The number of benzene rings is 2. The lowest BCUT2D eigenvalue weighted by Gasteiger charge is -2.33. The highest BCUT2D eigenvalue weighted by atomic mass is 35.5. The molecule has 4 rings (SSSR count). The second-order valence-electron chi connectivity index (χ2n) is 7.11. The summed E-state index contributed by atoms with van der Waals surface area (Å²) in [6.07, 6.45) is 1.97. The van der Waals surface area contributed by atoms with Crippen LogP contribution in [0.25, 0.3) is 0 Å². The summed E-state index contributed by atoms with van der Waals surface area (Å²) in [6.45, 7) is -0.280. The van der Waals surface area contributed by atoms with E-state index in [0.717, 1.165) is 10.5 Å². The first-order valence-electron chi connectivity index (χ1n) is 9.53. The van der Waals surface area contributed by atoms with Gasteiger partial charge in [-0.25, -0.2) is 9.59 Å². The molecule has 0 saturated heterocycles. The summed E-state index contributed by atoms with van der Waals surface area (Å²) in [5.41, 5.74) is 2.16. The van der Waals surface area contributed by atoms with Crippen molar-refractivity contribution in [2.75, 3.05) is 31.4 Å². The molecule has 2 aliphatic rings. The Morgan fingerprint density at radius 1 is 1.26 bits per heavy atom. The number of nitrogens with zero attached hydrogens (tertiary/aromatic N) is 2. The average Bonchev–Trinajstić information content (AvgIpc) is 3.16. The predicted octanol–water partition coefficient (Wildman–Crippen LogP) is 3.60. The highest BCUT2D eigenvalue weighted by molar-refractivity contribution is 7.98. The fourth-order valence-corrected chi connectivity index (χ4v) is 4.19. The number of thioether (sulfide) groups is 1. The van der Waals surface area contributed by atoms with Gasteiger partial charge in [-0.05, 0) is 42.2 Å². The maximum atomic E-state index is 12.9. The highest BCUT2D eigenvalue weighted by Gasteiger charge is 2.43. The molecular formula is C22H20ClN3O4S. The quantitative estimate of drug-likeness (QED) is 0.548. The number of hydrogen-bond acceptors (Lipinski definition) is 5. The first-order chi connectivity index (χ1) is 14.9. The van der Waals surface area contributed by atoms with E-state index in [1.165, 1.54) is 9.80 Å². The normalized spacial score (nSPS) is 17.9. The third-order valence-corrected chi connectivity index (χ3v) is 6.29. The number of rotatable bonds is 5. The SMILES string of the molecule is CSc1ccc([C@H]2NC(=O)N(CC(=O)N(C)c3cccc(Cl)c3)C3=C2C(=O)OC3)cc1. The third-order valence-electron chi connectivity index (χ3n) is 5.31. The molecular weight excluding hydrogens is 438 g/mol.